The van der Waals surface area contributed by atoms with Gasteiger partial charge in [0.1, 0.15) is 0 Å². The van der Waals surface area contributed by atoms with Crippen molar-refractivity contribution in [1.82, 2.24) is 19.2 Å². The first kappa shape index (κ1) is 23.2. The van der Waals surface area contributed by atoms with Crippen molar-refractivity contribution in [1.29, 1.82) is 0 Å². The molecule has 1 saturated carbocycles. The molecule has 0 radical (unpaired) electrons. The lowest BCUT2D eigenvalue weighted by Gasteiger charge is -2.30. The first-order chi connectivity index (χ1) is 15.9. The predicted molar refractivity (Wildman–Crippen MR) is 127 cm³/mol. The van der Waals surface area contributed by atoms with Gasteiger partial charge >= 0.3 is 0 Å². The van der Waals surface area contributed by atoms with Crippen molar-refractivity contribution in [3.8, 4) is 0 Å². The molecule has 174 valence electrons. The highest BCUT2D eigenvalue weighted by atomic mass is 32.2. The lowest BCUT2D eigenvalue weighted by atomic mass is 9.96. The van der Waals surface area contributed by atoms with E-state index in [1.165, 1.54) is 10.4 Å². The molecule has 8 heteroatoms. The number of amides is 1. The molecule has 1 aliphatic carbocycles. The maximum absolute atomic E-state index is 13.1. The topological polar surface area (TPSA) is 84.3 Å². The summed E-state index contributed by atoms with van der Waals surface area (Å²) in [5.74, 6) is -0.296. The van der Waals surface area contributed by atoms with Crippen molar-refractivity contribution >= 4 is 15.9 Å². The van der Waals surface area contributed by atoms with Crippen LogP contribution in [0.1, 0.15) is 53.6 Å². The Morgan fingerprint density at radius 1 is 1.09 bits per heavy atom. The smallest absolute Gasteiger partial charge is 0.251 e. The number of imidazole rings is 1. The summed E-state index contributed by atoms with van der Waals surface area (Å²) in [7, 11) is -1.99. The number of hydrogen-bond acceptors (Lipinski definition) is 4. The zero-order valence-corrected chi connectivity index (χ0v) is 19.7. The lowest BCUT2D eigenvalue weighted by Crippen LogP contribution is -2.38. The number of benzene rings is 2. The Morgan fingerprint density at radius 2 is 1.82 bits per heavy atom. The van der Waals surface area contributed by atoms with Gasteiger partial charge in [0.2, 0.25) is 10.0 Å². The molecule has 0 spiro atoms. The van der Waals surface area contributed by atoms with Gasteiger partial charge in [-0.15, -0.1) is 0 Å². The van der Waals surface area contributed by atoms with Gasteiger partial charge in [-0.2, -0.15) is 4.31 Å². The molecule has 7 nitrogen and oxygen atoms in total. The molecule has 1 amide bonds. The van der Waals surface area contributed by atoms with E-state index >= 15 is 0 Å². The Morgan fingerprint density at radius 3 is 2.52 bits per heavy atom. The van der Waals surface area contributed by atoms with E-state index in [9.17, 15) is 13.2 Å². The summed E-state index contributed by atoms with van der Waals surface area (Å²) >= 11 is 0. The van der Waals surface area contributed by atoms with Crippen molar-refractivity contribution in [3.05, 3.63) is 83.9 Å². The van der Waals surface area contributed by atoms with E-state index in [4.69, 9.17) is 0 Å². The van der Waals surface area contributed by atoms with Crippen LogP contribution in [0.25, 0.3) is 0 Å². The van der Waals surface area contributed by atoms with Gasteiger partial charge in [-0.25, -0.2) is 13.4 Å². The highest BCUT2D eigenvalue weighted by molar-refractivity contribution is 7.89. The predicted octanol–water partition coefficient (Wildman–Crippen LogP) is 3.81. The van der Waals surface area contributed by atoms with Crippen LogP contribution in [-0.4, -0.2) is 41.3 Å². The first-order valence-electron chi connectivity index (χ1n) is 11.3. The highest BCUT2D eigenvalue weighted by Gasteiger charge is 2.29. The van der Waals surface area contributed by atoms with Crippen LogP contribution >= 0.6 is 0 Å². The Kier molecular flexibility index (Phi) is 7.25. The number of hydrogen-bond donors (Lipinski definition) is 1. The Bertz CT molecular complexity index is 1170. The van der Waals surface area contributed by atoms with E-state index in [-0.39, 0.29) is 16.8 Å². The molecule has 0 aliphatic heterocycles. The molecule has 0 unspecified atom stereocenters. The molecule has 4 rings (SSSR count). The van der Waals surface area contributed by atoms with Gasteiger partial charge in [0.15, 0.2) is 0 Å². The minimum Gasteiger partial charge on any atom is -0.348 e. The van der Waals surface area contributed by atoms with Crippen molar-refractivity contribution in [3.63, 3.8) is 0 Å². The van der Waals surface area contributed by atoms with Gasteiger partial charge in [-0.3, -0.25) is 4.79 Å². The van der Waals surface area contributed by atoms with Gasteiger partial charge < -0.3 is 9.88 Å². The molecule has 0 atom stereocenters. The standard InChI is InChI=1S/C25H30N4O3S/c1-28(23-7-3-2-4-8-23)33(31,32)24-9-5-6-22(16-24)25(30)27-17-20-10-12-21(13-11-20)18-29-15-14-26-19-29/h5-6,9-16,19,23H,2-4,7-8,17-18H2,1H3,(H,27,30). The molecular formula is C25H30N4O3S. The van der Waals surface area contributed by atoms with Crippen LogP contribution in [0.2, 0.25) is 0 Å². The fraction of sp³-hybridized carbons (Fsp3) is 0.360. The number of carbonyl (C=O) groups excluding carboxylic acids is 1. The lowest BCUT2D eigenvalue weighted by molar-refractivity contribution is 0.0950. The van der Waals surface area contributed by atoms with Gasteiger partial charge in [-0.05, 0) is 42.2 Å². The van der Waals surface area contributed by atoms with Crippen LogP contribution in [0.5, 0.6) is 0 Å². The third kappa shape index (κ3) is 5.69. The van der Waals surface area contributed by atoms with Gasteiger partial charge in [-0.1, -0.05) is 49.6 Å². The van der Waals surface area contributed by atoms with E-state index < -0.39 is 10.0 Å². The number of nitrogens with one attached hydrogen (secondary N) is 1. The molecule has 1 N–H and O–H groups in total. The van der Waals surface area contributed by atoms with Crippen LogP contribution < -0.4 is 5.32 Å². The van der Waals surface area contributed by atoms with Gasteiger partial charge in [0.25, 0.3) is 5.91 Å². The summed E-state index contributed by atoms with van der Waals surface area (Å²) in [5.41, 5.74) is 2.45. The van der Waals surface area contributed by atoms with Gasteiger partial charge in [0, 0.05) is 44.1 Å². The second-order valence-electron chi connectivity index (χ2n) is 8.58. The largest absolute Gasteiger partial charge is 0.348 e. The summed E-state index contributed by atoms with van der Waals surface area (Å²) in [4.78, 5) is 16.9. The fourth-order valence-electron chi connectivity index (χ4n) is 4.24. The quantitative estimate of drug-likeness (QED) is 0.547. The normalized spacial score (nSPS) is 15.0. The molecule has 2 aromatic carbocycles. The minimum absolute atomic E-state index is 0.0259. The van der Waals surface area contributed by atoms with Crippen LogP contribution in [0.15, 0.2) is 72.1 Å². The zero-order valence-electron chi connectivity index (χ0n) is 18.9. The van der Waals surface area contributed by atoms with Crippen LogP contribution in [-0.2, 0) is 23.1 Å². The molecule has 1 fully saturated rings. The maximum Gasteiger partial charge on any atom is 0.251 e. The number of sulfonamides is 1. The monoisotopic (exact) mass is 466 g/mol. The van der Waals surface area contributed by atoms with Crippen LogP contribution in [0.3, 0.4) is 0 Å². The fourth-order valence-corrected chi connectivity index (χ4v) is 5.71. The number of rotatable bonds is 8. The second-order valence-corrected chi connectivity index (χ2v) is 10.6. The summed E-state index contributed by atoms with van der Waals surface area (Å²) in [6, 6.07) is 14.3. The van der Waals surface area contributed by atoms with Crippen molar-refractivity contribution in [2.75, 3.05) is 7.05 Å². The van der Waals surface area contributed by atoms with Gasteiger partial charge in [0.05, 0.1) is 11.2 Å². The van der Waals surface area contributed by atoms with E-state index in [2.05, 4.69) is 10.3 Å². The number of carbonyl (C=O) groups is 1. The molecule has 0 saturated heterocycles. The van der Waals surface area contributed by atoms with E-state index in [1.54, 1.807) is 37.8 Å². The molecule has 0 bridgehead atoms. The summed E-state index contributed by atoms with van der Waals surface area (Å²) in [6.07, 6.45) is 10.5. The number of aromatic nitrogens is 2. The van der Waals surface area contributed by atoms with Crippen molar-refractivity contribution < 1.29 is 13.2 Å². The molecule has 1 aromatic heterocycles. The van der Waals surface area contributed by atoms with Crippen molar-refractivity contribution in [2.45, 2.75) is 56.1 Å². The molecule has 1 aliphatic rings. The molecule has 33 heavy (non-hydrogen) atoms. The van der Waals surface area contributed by atoms with E-state index in [0.717, 1.165) is 49.8 Å². The summed E-state index contributed by atoms with van der Waals surface area (Å²) in [5, 5.41) is 2.89. The average Bonchev–Trinajstić information content (AvgIpc) is 3.36. The maximum atomic E-state index is 13.1. The Labute approximate surface area is 195 Å². The number of nitrogens with zero attached hydrogens (tertiary/aromatic N) is 3. The average molecular weight is 467 g/mol. The molecule has 3 aromatic rings. The van der Waals surface area contributed by atoms with E-state index in [1.807, 2.05) is 35.0 Å². The first-order valence-corrected chi connectivity index (χ1v) is 12.8. The SMILES string of the molecule is CN(C1CCCCC1)S(=O)(=O)c1cccc(C(=O)NCc2ccc(Cn3ccnc3)cc2)c1. The third-order valence-electron chi connectivity index (χ3n) is 6.26. The second kappa shape index (κ2) is 10.3. The summed E-state index contributed by atoms with van der Waals surface area (Å²) in [6.45, 7) is 1.10. The Balaban J connectivity index is 1.38. The zero-order chi connectivity index (χ0) is 23.3. The van der Waals surface area contributed by atoms with E-state index in [0.29, 0.717) is 12.1 Å². The highest BCUT2D eigenvalue weighted by Crippen LogP contribution is 2.26. The Hall–Kier alpha value is -2.97. The minimum atomic E-state index is -3.64. The molecule has 1 heterocycles. The van der Waals surface area contributed by atoms with Crippen LogP contribution in [0, 0.1) is 0 Å². The summed E-state index contributed by atoms with van der Waals surface area (Å²) < 4.78 is 29.7. The van der Waals surface area contributed by atoms with Crippen molar-refractivity contribution in [2.24, 2.45) is 0 Å². The molecular weight excluding hydrogens is 436 g/mol. The van der Waals surface area contributed by atoms with Crippen LogP contribution in [0.4, 0.5) is 0 Å². The third-order valence-corrected chi connectivity index (χ3v) is 8.17.